The Morgan fingerprint density at radius 3 is 2.38 bits per heavy atom. The number of halogens is 3. The number of benzene rings is 1. The first-order valence-corrected chi connectivity index (χ1v) is 9.23. The van der Waals surface area contributed by atoms with Crippen molar-refractivity contribution < 1.29 is 26.3 Å². The standard InChI is InChI=1S/C15H19F3N2O3S/c16-15(17,18)11-1-3-13(4-2-11)24(21,22)20-12-9-14(23-10-12)5-7-19-8-6-14/h1-4,12,19-20H,5-10H2/t12-/m1/s1. The fraction of sp³-hybridized carbons (Fsp3) is 0.600. The molecule has 134 valence electrons. The summed E-state index contributed by atoms with van der Waals surface area (Å²) in [5.74, 6) is 0. The molecule has 2 saturated heterocycles. The van der Waals surface area contributed by atoms with Crippen LogP contribution in [0.25, 0.3) is 0 Å². The second kappa shape index (κ2) is 6.29. The van der Waals surface area contributed by atoms with Crippen LogP contribution < -0.4 is 10.0 Å². The van der Waals surface area contributed by atoms with Gasteiger partial charge in [-0.25, -0.2) is 13.1 Å². The summed E-state index contributed by atoms with van der Waals surface area (Å²) in [5.41, 5.74) is -1.17. The average Bonchev–Trinajstić information content (AvgIpc) is 2.89. The molecule has 1 spiro atoms. The number of ether oxygens (including phenoxy) is 1. The molecule has 24 heavy (non-hydrogen) atoms. The first-order chi connectivity index (χ1) is 11.2. The van der Waals surface area contributed by atoms with E-state index in [1.165, 1.54) is 0 Å². The highest BCUT2D eigenvalue weighted by Crippen LogP contribution is 2.34. The Labute approximate surface area is 138 Å². The van der Waals surface area contributed by atoms with Crippen LogP contribution in [-0.4, -0.2) is 39.8 Å². The highest BCUT2D eigenvalue weighted by Gasteiger charge is 2.42. The Kier molecular flexibility index (Phi) is 4.63. The third-order valence-electron chi connectivity index (χ3n) is 4.54. The van der Waals surface area contributed by atoms with Crippen molar-refractivity contribution in [1.82, 2.24) is 10.0 Å². The number of nitrogens with one attached hydrogen (secondary N) is 2. The van der Waals surface area contributed by atoms with Crippen molar-refractivity contribution in [1.29, 1.82) is 0 Å². The molecule has 0 radical (unpaired) electrons. The van der Waals surface area contributed by atoms with E-state index in [-0.39, 0.29) is 23.1 Å². The molecule has 2 N–H and O–H groups in total. The summed E-state index contributed by atoms with van der Waals surface area (Å²) in [6.45, 7) is 1.94. The molecule has 2 heterocycles. The highest BCUT2D eigenvalue weighted by molar-refractivity contribution is 7.89. The van der Waals surface area contributed by atoms with E-state index in [4.69, 9.17) is 4.74 Å². The zero-order valence-corrected chi connectivity index (χ0v) is 13.7. The number of sulfonamides is 1. The van der Waals surface area contributed by atoms with Gasteiger partial charge in [-0.3, -0.25) is 0 Å². The molecule has 0 bridgehead atoms. The summed E-state index contributed by atoms with van der Waals surface area (Å²) < 4.78 is 70.8. The van der Waals surface area contributed by atoms with Crippen molar-refractivity contribution in [2.45, 2.75) is 42.0 Å². The minimum Gasteiger partial charge on any atom is -0.373 e. The lowest BCUT2D eigenvalue weighted by molar-refractivity contribution is -0.137. The van der Waals surface area contributed by atoms with Gasteiger partial charge in [-0.2, -0.15) is 13.2 Å². The number of rotatable bonds is 3. The zero-order chi connectivity index (χ0) is 17.4. The van der Waals surface area contributed by atoms with Gasteiger partial charge in [0.1, 0.15) is 0 Å². The summed E-state index contributed by atoms with van der Waals surface area (Å²) in [6.07, 6.45) is -2.26. The average molecular weight is 364 g/mol. The molecule has 0 saturated carbocycles. The van der Waals surface area contributed by atoms with Gasteiger partial charge in [0.25, 0.3) is 0 Å². The van der Waals surface area contributed by atoms with Crippen LogP contribution in [0.1, 0.15) is 24.8 Å². The predicted octanol–water partition coefficient (Wildman–Crippen LogP) is 1.89. The quantitative estimate of drug-likeness (QED) is 0.860. The lowest BCUT2D eigenvalue weighted by Crippen LogP contribution is -2.43. The first-order valence-electron chi connectivity index (χ1n) is 7.75. The molecule has 2 aliphatic rings. The predicted molar refractivity (Wildman–Crippen MR) is 81.0 cm³/mol. The smallest absolute Gasteiger partial charge is 0.373 e. The molecule has 1 aromatic rings. The van der Waals surface area contributed by atoms with E-state index >= 15 is 0 Å². The zero-order valence-electron chi connectivity index (χ0n) is 12.9. The van der Waals surface area contributed by atoms with E-state index in [1.807, 2.05) is 0 Å². The maximum Gasteiger partial charge on any atom is 0.416 e. The Morgan fingerprint density at radius 1 is 1.17 bits per heavy atom. The topological polar surface area (TPSA) is 67.4 Å². The van der Waals surface area contributed by atoms with Crippen molar-refractivity contribution in [3.63, 3.8) is 0 Å². The monoisotopic (exact) mass is 364 g/mol. The molecule has 1 aromatic carbocycles. The number of piperidine rings is 1. The first kappa shape index (κ1) is 17.7. The summed E-state index contributed by atoms with van der Waals surface area (Å²) in [4.78, 5) is -0.179. The van der Waals surface area contributed by atoms with E-state index in [1.54, 1.807) is 0 Å². The Morgan fingerprint density at radius 2 is 1.79 bits per heavy atom. The van der Waals surface area contributed by atoms with Crippen LogP contribution >= 0.6 is 0 Å². The maximum absolute atomic E-state index is 12.6. The second-order valence-corrected chi connectivity index (χ2v) is 8.00. The van der Waals surface area contributed by atoms with Crippen LogP contribution in [0.5, 0.6) is 0 Å². The lowest BCUT2D eigenvalue weighted by Gasteiger charge is -2.32. The maximum atomic E-state index is 12.6. The van der Waals surface area contributed by atoms with Crippen molar-refractivity contribution in [3.8, 4) is 0 Å². The molecule has 3 rings (SSSR count). The van der Waals surface area contributed by atoms with Gasteiger partial charge in [0.2, 0.25) is 10.0 Å². The lowest BCUT2D eigenvalue weighted by atomic mass is 9.88. The van der Waals surface area contributed by atoms with Gasteiger partial charge in [0.15, 0.2) is 0 Å². The minimum absolute atomic E-state index is 0.179. The molecule has 0 unspecified atom stereocenters. The fourth-order valence-electron chi connectivity index (χ4n) is 3.26. The third-order valence-corrected chi connectivity index (χ3v) is 6.07. The Balaban J connectivity index is 1.68. The highest BCUT2D eigenvalue weighted by atomic mass is 32.2. The van der Waals surface area contributed by atoms with Crippen LogP contribution in [0.4, 0.5) is 13.2 Å². The third kappa shape index (κ3) is 3.74. The molecule has 2 fully saturated rings. The SMILES string of the molecule is O=S(=O)(N[C@H]1COC2(CCNCC2)C1)c1ccc(C(F)(F)F)cc1. The van der Waals surface area contributed by atoms with Gasteiger partial charge in [-0.15, -0.1) is 0 Å². The summed E-state index contributed by atoms with van der Waals surface area (Å²) >= 11 is 0. The Hall–Kier alpha value is -1.16. The van der Waals surface area contributed by atoms with Crippen LogP contribution in [0, 0.1) is 0 Å². The molecule has 5 nitrogen and oxygen atoms in total. The molecule has 9 heteroatoms. The van der Waals surface area contributed by atoms with E-state index < -0.39 is 21.8 Å². The normalized spacial score (nSPS) is 24.4. The van der Waals surface area contributed by atoms with E-state index in [9.17, 15) is 21.6 Å². The molecular weight excluding hydrogens is 345 g/mol. The van der Waals surface area contributed by atoms with E-state index in [0.29, 0.717) is 6.42 Å². The second-order valence-electron chi connectivity index (χ2n) is 6.29. The van der Waals surface area contributed by atoms with Gasteiger partial charge in [0, 0.05) is 6.04 Å². The van der Waals surface area contributed by atoms with Gasteiger partial charge in [-0.05, 0) is 56.6 Å². The van der Waals surface area contributed by atoms with Crippen LogP contribution in [0.15, 0.2) is 29.2 Å². The minimum atomic E-state index is -4.49. The van der Waals surface area contributed by atoms with E-state index in [2.05, 4.69) is 10.0 Å². The fourth-order valence-corrected chi connectivity index (χ4v) is 4.48. The number of alkyl halides is 3. The Bertz CT molecular complexity index is 683. The summed E-state index contributed by atoms with van der Waals surface area (Å²) in [7, 11) is -3.87. The molecule has 0 amide bonds. The van der Waals surface area contributed by atoms with E-state index in [0.717, 1.165) is 50.2 Å². The van der Waals surface area contributed by atoms with Gasteiger partial charge >= 0.3 is 6.18 Å². The molecule has 0 aromatic heterocycles. The van der Waals surface area contributed by atoms with Gasteiger partial charge in [-0.1, -0.05) is 0 Å². The number of hydrogen-bond donors (Lipinski definition) is 2. The van der Waals surface area contributed by atoms with Crippen LogP contribution in [0.3, 0.4) is 0 Å². The van der Waals surface area contributed by atoms with Crippen molar-refractivity contribution >= 4 is 10.0 Å². The molecule has 2 aliphatic heterocycles. The molecule has 1 atom stereocenters. The van der Waals surface area contributed by atoms with Gasteiger partial charge in [0.05, 0.1) is 22.7 Å². The van der Waals surface area contributed by atoms with Crippen molar-refractivity contribution in [3.05, 3.63) is 29.8 Å². The van der Waals surface area contributed by atoms with Crippen LogP contribution in [0.2, 0.25) is 0 Å². The summed E-state index contributed by atoms with van der Waals surface area (Å²) in [6, 6.07) is 3.13. The molecular formula is C15H19F3N2O3S. The number of hydrogen-bond acceptors (Lipinski definition) is 4. The van der Waals surface area contributed by atoms with Crippen molar-refractivity contribution in [2.75, 3.05) is 19.7 Å². The van der Waals surface area contributed by atoms with Gasteiger partial charge < -0.3 is 10.1 Å². The summed E-state index contributed by atoms with van der Waals surface area (Å²) in [5, 5.41) is 3.23. The van der Waals surface area contributed by atoms with Crippen molar-refractivity contribution in [2.24, 2.45) is 0 Å². The van der Waals surface area contributed by atoms with Crippen LogP contribution in [-0.2, 0) is 20.9 Å². The largest absolute Gasteiger partial charge is 0.416 e. The molecule has 0 aliphatic carbocycles.